The lowest BCUT2D eigenvalue weighted by molar-refractivity contribution is 0.102. The third-order valence-electron chi connectivity index (χ3n) is 4.85. The van der Waals surface area contributed by atoms with E-state index in [1.807, 2.05) is 4.90 Å². The summed E-state index contributed by atoms with van der Waals surface area (Å²) in [5, 5.41) is 10.5. The van der Waals surface area contributed by atoms with Gasteiger partial charge in [-0.2, -0.15) is 10.2 Å². The molecule has 4 heterocycles. The molecule has 3 aromatic rings. The number of fused-ring (bicyclic) bond motifs is 1. The second kappa shape index (κ2) is 8.09. The highest BCUT2D eigenvalue weighted by atomic mass is 32.2. The molecule has 1 saturated heterocycles. The SMILES string of the molecule is CC(C)n1cc(NC(=O)c2cnn3ccc(N4CCS(=O)CC4)nc23)c(C(F)F)n1. The van der Waals surface area contributed by atoms with Gasteiger partial charge in [-0.25, -0.2) is 18.3 Å². The van der Waals surface area contributed by atoms with E-state index in [9.17, 15) is 17.8 Å². The molecule has 0 bridgehead atoms. The number of anilines is 2. The minimum absolute atomic E-state index is 0.0438. The van der Waals surface area contributed by atoms with Crippen LogP contribution in [0.5, 0.6) is 0 Å². The number of nitrogens with zero attached hydrogens (tertiary/aromatic N) is 6. The molecule has 0 unspecified atom stereocenters. The summed E-state index contributed by atoms with van der Waals surface area (Å²) in [6.45, 7) is 4.83. The molecule has 1 amide bonds. The number of aromatic nitrogens is 5. The van der Waals surface area contributed by atoms with E-state index >= 15 is 0 Å². The molecule has 1 aliphatic heterocycles. The van der Waals surface area contributed by atoms with Gasteiger partial charge in [-0.05, 0) is 19.9 Å². The monoisotopic (exact) mass is 437 g/mol. The first-order valence-corrected chi connectivity index (χ1v) is 10.9. The lowest BCUT2D eigenvalue weighted by Gasteiger charge is -2.27. The van der Waals surface area contributed by atoms with E-state index in [0.29, 0.717) is 36.1 Å². The molecule has 12 heteroatoms. The van der Waals surface area contributed by atoms with Crippen LogP contribution in [0.3, 0.4) is 0 Å². The Morgan fingerprint density at radius 2 is 2.00 bits per heavy atom. The van der Waals surface area contributed by atoms with Gasteiger partial charge in [0.05, 0.1) is 11.9 Å². The van der Waals surface area contributed by atoms with E-state index < -0.39 is 28.8 Å². The van der Waals surface area contributed by atoms with Gasteiger partial charge in [0.15, 0.2) is 11.3 Å². The maximum absolute atomic E-state index is 13.4. The van der Waals surface area contributed by atoms with Crippen LogP contribution in [0.15, 0.2) is 24.7 Å². The Bertz CT molecular complexity index is 1100. The molecular formula is C18H21F2N7O2S. The summed E-state index contributed by atoms with van der Waals surface area (Å²) in [5.74, 6) is 1.18. The van der Waals surface area contributed by atoms with Gasteiger partial charge in [0.1, 0.15) is 11.4 Å². The molecule has 1 fully saturated rings. The molecular weight excluding hydrogens is 416 g/mol. The van der Waals surface area contributed by atoms with Crippen molar-refractivity contribution in [3.8, 4) is 0 Å². The second-order valence-electron chi connectivity index (χ2n) is 7.20. The van der Waals surface area contributed by atoms with Crippen LogP contribution >= 0.6 is 0 Å². The van der Waals surface area contributed by atoms with Gasteiger partial charge in [-0.1, -0.05) is 0 Å². The van der Waals surface area contributed by atoms with E-state index in [0.717, 1.165) is 0 Å². The number of rotatable bonds is 5. The number of alkyl halides is 2. The van der Waals surface area contributed by atoms with Gasteiger partial charge in [0.25, 0.3) is 12.3 Å². The molecule has 0 aliphatic carbocycles. The maximum atomic E-state index is 13.4. The third-order valence-corrected chi connectivity index (χ3v) is 6.12. The zero-order valence-corrected chi connectivity index (χ0v) is 17.3. The maximum Gasteiger partial charge on any atom is 0.284 e. The molecule has 4 rings (SSSR count). The molecule has 160 valence electrons. The van der Waals surface area contributed by atoms with Crippen LogP contribution in [-0.4, -0.2) is 59.1 Å². The predicted octanol–water partition coefficient (Wildman–Crippen LogP) is 2.27. The fourth-order valence-corrected chi connectivity index (χ4v) is 4.23. The normalized spacial score (nSPS) is 15.5. The van der Waals surface area contributed by atoms with Gasteiger partial charge in [0.2, 0.25) is 0 Å². The summed E-state index contributed by atoms with van der Waals surface area (Å²) in [7, 11) is -0.816. The molecule has 1 N–H and O–H groups in total. The van der Waals surface area contributed by atoms with Crippen molar-refractivity contribution in [1.29, 1.82) is 0 Å². The fraction of sp³-hybridized carbons (Fsp3) is 0.444. The Hall–Kier alpha value is -2.89. The van der Waals surface area contributed by atoms with Crippen molar-refractivity contribution >= 4 is 33.9 Å². The first-order chi connectivity index (χ1) is 14.3. The molecule has 0 atom stereocenters. The van der Waals surface area contributed by atoms with Crippen molar-refractivity contribution in [2.24, 2.45) is 0 Å². The highest BCUT2D eigenvalue weighted by Crippen LogP contribution is 2.27. The molecule has 0 saturated carbocycles. The van der Waals surface area contributed by atoms with Crippen LogP contribution in [-0.2, 0) is 10.8 Å². The largest absolute Gasteiger partial charge is 0.355 e. The number of carbonyl (C=O) groups excluding carboxylic acids is 1. The van der Waals surface area contributed by atoms with Crippen molar-refractivity contribution < 1.29 is 17.8 Å². The number of hydrogen-bond acceptors (Lipinski definition) is 6. The van der Waals surface area contributed by atoms with E-state index in [1.54, 1.807) is 26.1 Å². The number of nitrogens with one attached hydrogen (secondary N) is 1. The summed E-state index contributed by atoms with van der Waals surface area (Å²) in [6, 6.07) is 1.64. The Kier molecular flexibility index (Phi) is 5.50. The number of amides is 1. The fourth-order valence-electron chi connectivity index (χ4n) is 3.18. The Morgan fingerprint density at radius 3 is 2.67 bits per heavy atom. The van der Waals surface area contributed by atoms with Crippen LogP contribution in [0.2, 0.25) is 0 Å². The standard InChI is InChI=1S/C18H21F2N7O2S/c1-11(2)27-10-13(15(24-27)16(19)20)22-18(28)12-9-21-26-4-3-14(23-17(12)26)25-5-7-30(29)8-6-25/h3-4,9-11,16H,5-8H2,1-2H3,(H,22,28). The number of hydrogen-bond donors (Lipinski definition) is 1. The first-order valence-electron chi connectivity index (χ1n) is 9.46. The topological polar surface area (TPSA) is 97.4 Å². The summed E-state index contributed by atoms with van der Waals surface area (Å²) in [4.78, 5) is 19.4. The van der Waals surface area contributed by atoms with Crippen molar-refractivity contribution in [2.45, 2.75) is 26.3 Å². The highest BCUT2D eigenvalue weighted by molar-refractivity contribution is 7.85. The van der Waals surface area contributed by atoms with E-state index in [4.69, 9.17) is 0 Å². The van der Waals surface area contributed by atoms with E-state index in [-0.39, 0.29) is 17.3 Å². The minimum atomic E-state index is -2.82. The number of carbonyl (C=O) groups is 1. The van der Waals surface area contributed by atoms with Crippen LogP contribution in [0.4, 0.5) is 20.3 Å². The van der Waals surface area contributed by atoms with Gasteiger partial charge in [-0.15, -0.1) is 0 Å². The van der Waals surface area contributed by atoms with Gasteiger partial charge < -0.3 is 10.2 Å². The minimum Gasteiger partial charge on any atom is -0.355 e. The Balaban J connectivity index is 1.62. The molecule has 30 heavy (non-hydrogen) atoms. The molecule has 0 radical (unpaired) electrons. The van der Waals surface area contributed by atoms with Crippen molar-refractivity contribution in [1.82, 2.24) is 24.4 Å². The van der Waals surface area contributed by atoms with Crippen LogP contribution in [0.25, 0.3) is 5.65 Å². The smallest absolute Gasteiger partial charge is 0.284 e. The highest BCUT2D eigenvalue weighted by Gasteiger charge is 2.24. The zero-order valence-electron chi connectivity index (χ0n) is 16.5. The molecule has 0 aromatic carbocycles. The van der Waals surface area contributed by atoms with Gasteiger partial charge in [-0.3, -0.25) is 13.7 Å². The summed E-state index contributed by atoms with van der Waals surface area (Å²) in [6.07, 6.45) is 1.60. The summed E-state index contributed by atoms with van der Waals surface area (Å²) < 4.78 is 41.1. The molecule has 0 spiro atoms. The van der Waals surface area contributed by atoms with E-state index in [1.165, 1.54) is 21.6 Å². The lowest BCUT2D eigenvalue weighted by atomic mass is 10.3. The Morgan fingerprint density at radius 1 is 1.27 bits per heavy atom. The third kappa shape index (κ3) is 3.91. The number of halogens is 2. The Labute approximate surface area is 173 Å². The van der Waals surface area contributed by atoms with Crippen molar-refractivity contribution in [3.05, 3.63) is 35.9 Å². The average Bonchev–Trinajstić information content (AvgIpc) is 3.32. The summed E-state index contributed by atoms with van der Waals surface area (Å²) in [5.41, 5.74) is -0.0531. The average molecular weight is 437 g/mol. The van der Waals surface area contributed by atoms with E-state index in [2.05, 4.69) is 20.5 Å². The predicted molar refractivity (Wildman–Crippen MR) is 109 cm³/mol. The van der Waals surface area contributed by atoms with Crippen molar-refractivity contribution in [2.75, 3.05) is 34.8 Å². The first kappa shape index (κ1) is 20.4. The lowest BCUT2D eigenvalue weighted by Crippen LogP contribution is -2.38. The van der Waals surface area contributed by atoms with Crippen LogP contribution in [0, 0.1) is 0 Å². The van der Waals surface area contributed by atoms with Crippen LogP contribution in [0.1, 0.15) is 42.4 Å². The van der Waals surface area contributed by atoms with Gasteiger partial charge in [0, 0.05) is 53.8 Å². The second-order valence-corrected chi connectivity index (χ2v) is 8.90. The molecule has 1 aliphatic rings. The van der Waals surface area contributed by atoms with Crippen LogP contribution < -0.4 is 10.2 Å². The summed E-state index contributed by atoms with van der Waals surface area (Å²) >= 11 is 0. The quantitative estimate of drug-likeness (QED) is 0.658. The molecule has 9 nitrogen and oxygen atoms in total. The zero-order chi connectivity index (χ0) is 21.4. The van der Waals surface area contributed by atoms with Crippen molar-refractivity contribution in [3.63, 3.8) is 0 Å². The van der Waals surface area contributed by atoms with Gasteiger partial charge >= 0.3 is 0 Å². The molecule has 3 aromatic heterocycles.